The first kappa shape index (κ1) is 38.4. The Balaban J connectivity index is 1.82. The van der Waals surface area contributed by atoms with E-state index in [1.807, 2.05) is 0 Å². The van der Waals surface area contributed by atoms with E-state index in [1.165, 1.54) is 154 Å². The lowest BCUT2D eigenvalue weighted by atomic mass is 9.98. The lowest BCUT2D eigenvalue weighted by Crippen LogP contribution is -2.23. The zero-order chi connectivity index (χ0) is 29.3. The average molecular weight is 576 g/mol. The van der Waals surface area contributed by atoms with E-state index in [-0.39, 0.29) is 0 Å². The summed E-state index contributed by atoms with van der Waals surface area (Å²) in [7, 11) is 0. The standard InChI is InChI=1S/C38H73NO2/c1-3-5-7-9-11-13-15-17-19-21-23-25-27-29-31-40-35-37-33-39-34-38(37)36-41-32-30-28-26-24-22-20-18-16-14-12-10-8-6-4-2/h13-16,37-39H,3-12,17-36H2,1-2H3/b15-13-,16-14-/t37-,38?/m0/s1. The molecule has 41 heavy (non-hydrogen) atoms. The van der Waals surface area contributed by atoms with Gasteiger partial charge in [-0.3, -0.25) is 0 Å². The zero-order valence-corrected chi connectivity index (χ0v) is 28.0. The molecule has 0 aromatic rings. The quantitative estimate of drug-likeness (QED) is 0.0639. The number of hydrogen-bond acceptors (Lipinski definition) is 3. The summed E-state index contributed by atoms with van der Waals surface area (Å²) in [5, 5.41) is 3.56. The maximum absolute atomic E-state index is 6.08. The molecule has 242 valence electrons. The van der Waals surface area contributed by atoms with Gasteiger partial charge in [-0.1, -0.05) is 128 Å². The van der Waals surface area contributed by atoms with E-state index in [0.29, 0.717) is 11.8 Å². The van der Waals surface area contributed by atoms with E-state index in [4.69, 9.17) is 9.47 Å². The summed E-state index contributed by atoms with van der Waals surface area (Å²) in [6.07, 6.45) is 41.8. The Kier molecular flexibility index (Phi) is 30.2. The molecule has 0 spiro atoms. The molecule has 0 bridgehead atoms. The molecule has 1 aliphatic heterocycles. The fourth-order valence-electron chi connectivity index (χ4n) is 5.84. The molecule has 0 aromatic carbocycles. The van der Waals surface area contributed by atoms with Crippen LogP contribution in [0.3, 0.4) is 0 Å². The number of unbranched alkanes of at least 4 members (excludes halogenated alkanes) is 20. The molecule has 1 heterocycles. The summed E-state index contributed by atoms with van der Waals surface area (Å²) < 4.78 is 12.2. The van der Waals surface area contributed by atoms with Crippen molar-refractivity contribution in [1.29, 1.82) is 0 Å². The SMILES string of the molecule is CCCCCC/C=C\CCCCCCCCOCC1CNC[C@H]1COCCCCCCCC/C=C\CCCCCC. The number of hydrogen-bond donors (Lipinski definition) is 1. The Bertz CT molecular complexity index is 512. The van der Waals surface area contributed by atoms with E-state index in [0.717, 1.165) is 39.5 Å². The van der Waals surface area contributed by atoms with E-state index in [2.05, 4.69) is 43.5 Å². The van der Waals surface area contributed by atoms with Crippen molar-refractivity contribution >= 4 is 0 Å². The van der Waals surface area contributed by atoms with Crippen LogP contribution in [0.25, 0.3) is 0 Å². The molecule has 0 saturated carbocycles. The second-order valence-corrected chi connectivity index (χ2v) is 12.8. The van der Waals surface area contributed by atoms with Crippen LogP contribution in [-0.4, -0.2) is 39.5 Å². The van der Waals surface area contributed by atoms with Gasteiger partial charge >= 0.3 is 0 Å². The van der Waals surface area contributed by atoms with Crippen molar-refractivity contribution in [2.45, 2.75) is 168 Å². The Hall–Kier alpha value is -0.640. The molecule has 2 atom stereocenters. The highest BCUT2D eigenvalue weighted by molar-refractivity contribution is 4.82. The van der Waals surface area contributed by atoms with Gasteiger partial charge in [0.25, 0.3) is 0 Å². The van der Waals surface area contributed by atoms with Crippen LogP contribution in [0, 0.1) is 11.8 Å². The second-order valence-electron chi connectivity index (χ2n) is 12.8. The largest absolute Gasteiger partial charge is 0.381 e. The first-order chi connectivity index (χ1) is 20.4. The third-order valence-electron chi connectivity index (χ3n) is 8.74. The summed E-state index contributed by atoms with van der Waals surface area (Å²) in [6, 6.07) is 0. The van der Waals surface area contributed by atoms with Gasteiger partial charge < -0.3 is 14.8 Å². The lowest BCUT2D eigenvalue weighted by molar-refractivity contribution is 0.0482. The van der Waals surface area contributed by atoms with Crippen LogP contribution < -0.4 is 5.32 Å². The van der Waals surface area contributed by atoms with Gasteiger partial charge in [-0.15, -0.1) is 0 Å². The predicted molar refractivity (Wildman–Crippen MR) is 182 cm³/mol. The Morgan fingerprint density at radius 1 is 0.439 bits per heavy atom. The Morgan fingerprint density at radius 3 is 1.12 bits per heavy atom. The lowest BCUT2D eigenvalue weighted by Gasteiger charge is -2.18. The molecule has 0 aromatic heterocycles. The topological polar surface area (TPSA) is 30.5 Å². The van der Waals surface area contributed by atoms with Crippen molar-refractivity contribution in [1.82, 2.24) is 5.32 Å². The van der Waals surface area contributed by atoms with Gasteiger partial charge in [0, 0.05) is 38.1 Å². The molecule has 0 amide bonds. The first-order valence-corrected chi connectivity index (χ1v) is 18.5. The molecular weight excluding hydrogens is 502 g/mol. The molecule has 3 heteroatoms. The minimum Gasteiger partial charge on any atom is -0.381 e. The number of rotatable bonds is 32. The molecule has 0 radical (unpaired) electrons. The van der Waals surface area contributed by atoms with E-state index < -0.39 is 0 Å². The van der Waals surface area contributed by atoms with Crippen LogP contribution in [0.4, 0.5) is 0 Å². The second kappa shape index (κ2) is 32.3. The summed E-state index contributed by atoms with van der Waals surface area (Å²) >= 11 is 0. The summed E-state index contributed by atoms with van der Waals surface area (Å²) in [6.45, 7) is 10.4. The number of nitrogens with one attached hydrogen (secondary N) is 1. The van der Waals surface area contributed by atoms with Crippen molar-refractivity contribution in [3.05, 3.63) is 24.3 Å². The summed E-state index contributed by atoms with van der Waals surface area (Å²) in [4.78, 5) is 0. The van der Waals surface area contributed by atoms with Gasteiger partial charge in [0.1, 0.15) is 0 Å². The highest BCUT2D eigenvalue weighted by Gasteiger charge is 2.27. The van der Waals surface area contributed by atoms with E-state index >= 15 is 0 Å². The van der Waals surface area contributed by atoms with Crippen molar-refractivity contribution in [3.63, 3.8) is 0 Å². The van der Waals surface area contributed by atoms with Gasteiger partial charge in [-0.25, -0.2) is 0 Å². The van der Waals surface area contributed by atoms with Crippen LogP contribution in [0.1, 0.15) is 168 Å². The maximum Gasteiger partial charge on any atom is 0.0510 e. The van der Waals surface area contributed by atoms with E-state index in [1.54, 1.807) is 0 Å². The van der Waals surface area contributed by atoms with Gasteiger partial charge in [-0.05, 0) is 64.2 Å². The molecule has 1 rings (SSSR count). The molecule has 3 nitrogen and oxygen atoms in total. The van der Waals surface area contributed by atoms with Gasteiger partial charge in [0.05, 0.1) is 13.2 Å². The molecule has 1 aliphatic rings. The van der Waals surface area contributed by atoms with Gasteiger partial charge in [0.2, 0.25) is 0 Å². The molecule has 1 N–H and O–H groups in total. The first-order valence-electron chi connectivity index (χ1n) is 18.5. The Morgan fingerprint density at radius 2 is 0.756 bits per heavy atom. The van der Waals surface area contributed by atoms with Crippen LogP contribution in [0.5, 0.6) is 0 Å². The average Bonchev–Trinajstić information content (AvgIpc) is 3.43. The smallest absolute Gasteiger partial charge is 0.0510 e. The number of ether oxygens (including phenoxy) is 2. The van der Waals surface area contributed by atoms with Crippen LogP contribution >= 0.6 is 0 Å². The monoisotopic (exact) mass is 576 g/mol. The molecule has 1 unspecified atom stereocenters. The zero-order valence-electron chi connectivity index (χ0n) is 28.0. The van der Waals surface area contributed by atoms with Gasteiger partial charge in [0.15, 0.2) is 0 Å². The molecule has 0 aliphatic carbocycles. The van der Waals surface area contributed by atoms with Crippen molar-refractivity contribution in [2.24, 2.45) is 11.8 Å². The van der Waals surface area contributed by atoms with Crippen LogP contribution in [-0.2, 0) is 9.47 Å². The normalized spacial score (nSPS) is 17.5. The predicted octanol–water partition coefficient (Wildman–Crippen LogP) is 11.4. The fraction of sp³-hybridized carbons (Fsp3) is 0.895. The van der Waals surface area contributed by atoms with E-state index in [9.17, 15) is 0 Å². The highest BCUT2D eigenvalue weighted by Crippen LogP contribution is 2.18. The molecule has 1 saturated heterocycles. The third kappa shape index (κ3) is 26.7. The highest BCUT2D eigenvalue weighted by atomic mass is 16.5. The van der Waals surface area contributed by atoms with Gasteiger partial charge in [-0.2, -0.15) is 0 Å². The van der Waals surface area contributed by atoms with Crippen molar-refractivity contribution in [2.75, 3.05) is 39.5 Å². The minimum absolute atomic E-state index is 0.625. The third-order valence-corrected chi connectivity index (χ3v) is 8.74. The maximum atomic E-state index is 6.08. The fourth-order valence-corrected chi connectivity index (χ4v) is 5.84. The molecular formula is C38H73NO2. The summed E-state index contributed by atoms with van der Waals surface area (Å²) in [5.74, 6) is 1.25. The van der Waals surface area contributed by atoms with Crippen molar-refractivity contribution in [3.8, 4) is 0 Å². The number of allylic oxidation sites excluding steroid dienone is 4. The van der Waals surface area contributed by atoms with Crippen LogP contribution in [0.2, 0.25) is 0 Å². The van der Waals surface area contributed by atoms with Crippen molar-refractivity contribution < 1.29 is 9.47 Å². The van der Waals surface area contributed by atoms with Crippen LogP contribution in [0.15, 0.2) is 24.3 Å². The molecule has 1 fully saturated rings. The minimum atomic E-state index is 0.625. The Labute approximate surface area is 258 Å². The summed E-state index contributed by atoms with van der Waals surface area (Å²) in [5.41, 5.74) is 0.